The Bertz CT molecular complexity index is 220. The molecule has 0 aromatic heterocycles. The van der Waals surface area contributed by atoms with Gasteiger partial charge in [0, 0.05) is 25.2 Å². The Hall–Kier alpha value is -1.14. The summed E-state index contributed by atoms with van der Waals surface area (Å²) >= 11 is 0. The van der Waals surface area contributed by atoms with Crippen molar-refractivity contribution in [2.45, 2.75) is 31.3 Å². The first kappa shape index (κ1) is 11.9. The van der Waals surface area contributed by atoms with Gasteiger partial charge in [0.05, 0.1) is 11.9 Å². The smallest absolute Gasteiger partial charge is 0.0584 e. The van der Waals surface area contributed by atoms with Crippen LogP contribution in [0.25, 0.3) is 0 Å². The van der Waals surface area contributed by atoms with Gasteiger partial charge in [0.1, 0.15) is 0 Å². The van der Waals surface area contributed by atoms with Crippen molar-refractivity contribution in [1.29, 1.82) is 0 Å². The van der Waals surface area contributed by atoms with E-state index in [1.54, 1.807) is 0 Å². The maximum Gasteiger partial charge on any atom is 0.0584 e. The molecule has 6 heteroatoms. The Morgan fingerprint density at radius 3 is 1.67 bits per heavy atom. The molecule has 15 heavy (non-hydrogen) atoms. The van der Waals surface area contributed by atoms with Gasteiger partial charge in [-0.05, 0) is 19.3 Å². The number of carboxylic acid groups (broad SMARTS) is 2. The van der Waals surface area contributed by atoms with Crippen LogP contribution in [0.4, 0.5) is 0 Å². The molecule has 1 rings (SSSR count). The molecular formula is C9H14N2O4-2. The number of rotatable bonds is 2. The second-order valence-corrected chi connectivity index (χ2v) is 3.58. The zero-order valence-electron chi connectivity index (χ0n) is 8.32. The summed E-state index contributed by atoms with van der Waals surface area (Å²) in [5.74, 6) is -2.27. The number of nitrogens with one attached hydrogen (secondary N) is 2. The van der Waals surface area contributed by atoms with Crippen molar-refractivity contribution in [3.63, 3.8) is 0 Å². The second-order valence-electron chi connectivity index (χ2n) is 3.58. The molecule has 0 amide bonds. The molecule has 0 aromatic carbocycles. The molecule has 2 N–H and O–H groups in total. The molecule has 0 radical (unpaired) electrons. The van der Waals surface area contributed by atoms with Crippen LogP contribution in [0.3, 0.4) is 0 Å². The van der Waals surface area contributed by atoms with E-state index in [-0.39, 0.29) is 0 Å². The van der Waals surface area contributed by atoms with E-state index in [2.05, 4.69) is 10.6 Å². The van der Waals surface area contributed by atoms with Gasteiger partial charge in [0.15, 0.2) is 0 Å². The molecule has 0 saturated carbocycles. The van der Waals surface area contributed by atoms with E-state index in [1.807, 2.05) is 0 Å². The molecule has 86 valence electrons. The van der Waals surface area contributed by atoms with Crippen LogP contribution in [0.5, 0.6) is 0 Å². The van der Waals surface area contributed by atoms with Gasteiger partial charge < -0.3 is 30.4 Å². The van der Waals surface area contributed by atoms with Crippen molar-refractivity contribution in [1.82, 2.24) is 10.6 Å². The van der Waals surface area contributed by atoms with Gasteiger partial charge in [0.25, 0.3) is 0 Å². The van der Waals surface area contributed by atoms with Gasteiger partial charge in [-0.1, -0.05) is 0 Å². The third-order valence-electron chi connectivity index (χ3n) is 2.46. The van der Waals surface area contributed by atoms with Crippen LogP contribution < -0.4 is 20.8 Å². The lowest BCUT2D eigenvalue weighted by Gasteiger charge is -2.18. The minimum absolute atomic E-state index is 0.383. The quantitative estimate of drug-likeness (QED) is 0.496. The first-order chi connectivity index (χ1) is 7.11. The fraction of sp³-hybridized carbons (Fsp3) is 0.778. The third kappa shape index (κ3) is 3.85. The largest absolute Gasteiger partial charge is 0.548 e. The highest BCUT2D eigenvalue weighted by molar-refractivity contribution is 5.72. The van der Waals surface area contributed by atoms with Crippen molar-refractivity contribution in [3.05, 3.63) is 0 Å². The average Bonchev–Trinajstić information content (AvgIpc) is 2.27. The van der Waals surface area contributed by atoms with E-state index >= 15 is 0 Å². The summed E-state index contributed by atoms with van der Waals surface area (Å²) in [5.41, 5.74) is 0. The highest BCUT2D eigenvalue weighted by Crippen LogP contribution is 2.05. The summed E-state index contributed by atoms with van der Waals surface area (Å²) in [4.78, 5) is 21.2. The second kappa shape index (κ2) is 5.67. The third-order valence-corrected chi connectivity index (χ3v) is 2.46. The van der Waals surface area contributed by atoms with Gasteiger partial charge in [-0.25, -0.2) is 0 Å². The number of hydrogen-bond acceptors (Lipinski definition) is 6. The van der Waals surface area contributed by atoms with E-state index in [0.717, 1.165) is 0 Å². The Morgan fingerprint density at radius 1 is 0.933 bits per heavy atom. The SMILES string of the molecule is O=C([O-])[C@@H]1CCC[C@@H](C(=O)[O-])NCCN1. The highest BCUT2D eigenvalue weighted by atomic mass is 16.4. The van der Waals surface area contributed by atoms with Gasteiger partial charge >= 0.3 is 0 Å². The molecule has 1 fully saturated rings. The first-order valence-corrected chi connectivity index (χ1v) is 4.99. The van der Waals surface area contributed by atoms with Crippen LogP contribution in [0.15, 0.2) is 0 Å². The Morgan fingerprint density at radius 2 is 1.33 bits per heavy atom. The zero-order chi connectivity index (χ0) is 11.3. The van der Waals surface area contributed by atoms with E-state index in [0.29, 0.717) is 32.4 Å². The van der Waals surface area contributed by atoms with Crippen molar-refractivity contribution in [2.24, 2.45) is 0 Å². The number of hydrogen-bond donors (Lipinski definition) is 2. The lowest BCUT2D eigenvalue weighted by molar-refractivity contribution is -0.309. The van der Waals surface area contributed by atoms with Crippen molar-refractivity contribution >= 4 is 11.9 Å². The van der Waals surface area contributed by atoms with E-state index in [4.69, 9.17) is 0 Å². The minimum atomic E-state index is -1.14. The fourth-order valence-corrected chi connectivity index (χ4v) is 1.63. The summed E-state index contributed by atoms with van der Waals surface area (Å²) in [6.07, 6.45) is 1.28. The lowest BCUT2D eigenvalue weighted by atomic mass is 10.1. The summed E-state index contributed by atoms with van der Waals surface area (Å²) in [7, 11) is 0. The molecule has 0 aromatic rings. The summed E-state index contributed by atoms with van der Waals surface area (Å²) < 4.78 is 0. The molecule has 0 unspecified atom stereocenters. The van der Waals surface area contributed by atoms with Crippen molar-refractivity contribution in [2.75, 3.05) is 13.1 Å². The number of carbonyl (C=O) groups excluding carboxylic acids is 2. The Balaban J connectivity index is 2.48. The standard InChI is InChI=1S/C9H16N2O4/c12-8(13)6-2-1-3-7(9(14)15)11-5-4-10-6/h6-7,10-11H,1-5H2,(H,12,13)(H,14,15)/p-2/t6-,7-/m0/s1. The van der Waals surface area contributed by atoms with Gasteiger partial charge in [-0.3, -0.25) is 0 Å². The molecule has 2 atom stereocenters. The van der Waals surface area contributed by atoms with Crippen LogP contribution >= 0.6 is 0 Å². The van der Waals surface area contributed by atoms with Crippen LogP contribution in [0.2, 0.25) is 0 Å². The summed E-state index contributed by atoms with van der Waals surface area (Å²) in [6.45, 7) is 0.810. The van der Waals surface area contributed by atoms with Gasteiger partial charge in [-0.2, -0.15) is 0 Å². The van der Waals surface area contributed by atoms with Gasteiger partial charge in [0.2, 0.25) is 0 Å². The van der Waals surface area contributed by atoms with E-state index in [1.165, 1.54) is 0 Å². The molecular weight excluding hydrogens is 200 g/mol. The van der Waals surface area contributed by atoms with Crippen molar-refractivity contribution in [3.8, 4) is 0 Å². The molecule has 6 nitrogen and oxygen atoms in total. The highest BCUT2D eigenvalue weighted by Gasteiger charge is 2.15. The van der Waals surface area contributed by atoms with Crippen LogP contribution in [-0.4, -0.2) is 37.1 Å². The normalized spacial score (nSPS) is 28.5. The lowest BCUT2D eigenvalue weighted by Crippen LogP contribution is -2.48. The minimum Gasteiger partial charge on any atom is -0.548 e. The van der Waals surface area contributed by atoms with Crippen LogP contribution in [-0.2, 0) is 9.59 Å². The zero-order valence-corrected chi connectivity index (χ0v) is 8.32. The van der Waals surface area contributed by atoms with E-state index in [9.17, 15) is 19.8 Å². The predicted molar refractivity (Wildman–Crippen MR) is 47.4 cm³/mol. The van der Waals surface area contributed by atoms with Crippen molar-refractivity contribution < 1.29 is 19.8 Å². The Labute approximate surface area is 87.7 Å². The van der Waals surface area contributed by atoms with Gasteiger partial charge in [-0.15, -0.1) is 0 Å². The molecule has 1 aliphatic heterocycles. The molecule has 0 aliphatic carbocycles. The number of carboxylic acids is 2. The molecule has 1 saturated heterocycles. The summed E-state index contributed by atoms with van der Waals surface area (Å²) in [6, 6.07) is -1.38. The predicted octanol–water partition coefficient (Wildman–Crippen LogP) is -3.41. The first-order valence-electron chi connectivity index (χ1n) is 4.99. The van der Waals surface area contributed by atoms with Crippen LogP contribution in [0.1, 0.15) is 19.3 Å². The maximum absolute atomic E-state index is 10.6. The average molecular weight is 214 g/mol. The Kier molecular flexibility index (Phi) is 4.51. The fourth-order valence-electron chi connectivity index (χ4n) is 1.63. The monoisotopic (exact) mass is 214 g/mol. The number of aliphatic carboxylic acids is 2. The molecule has 1 heterocycles. The molecule has 0 spiro atoms. The summed E-state index contributed by atoms with van der Waals surface area (Å²) in [5, 5.41) is 26.8. The molecule has 1 aliphatic rings. The van der Waals surface area contributed by atoms with E-state index < -0.39 is 24.0 Å². The van der Waals surface area contributed by atoms with Crippen LogP contribution in [0, 0.1) is 0 Å². The maximum atomic E-state index is 10.6. The topological polar surface area (TPSA) is 104 Å². The molecule has 0 bridgehead atoms. The number of carbonyl (C=O) groups is 2.